The van der Waals surface area contributed by atoms with Crippen LogP contribution in [0.1, 0.15) is 24.2 Å². The monoisotopic (exact) mass is 289 g/mol. The summed E-state index contributed by atoms with van der Waals surface area (Å²) >= 11 is 6.20. The predicted octanol–water partition coefficient (Wildman–Crippen LogP) is 3.99. The van der Waals surface area contributed by atoms with Crippen LogP contribution in [0.5, 0.6) is 0 Å². The highest BCUT2D eigenvalue weighted by molar-refractivity contribution is 6.31. The highest BCUT2D eigenvalue weighted by atomic mass is 35.5. The molecule has 106 valence electrons. The molecule has 2 unspecified atom stereocenters. The lowest BCUT2D eigenvalue weighted by molar-refractivity contribution is 0.0433. The van der Waals surface area contributed by atoms with Gasteiger partial charge >= 0.3 is 0 Å². The minimum Gasteiger partial charge on any atom is -0.372 e. The summed E-state index contributed by atoms with van der Waals surface area (Å²) in [4.78, 5) is 0. The zero-order chi connectivity index (χ0) is 14.4. The molecule has 0 aliphatic heterocycles. The summed E-state index contributed by atoms with van der Waals surface area (Å²) in [7, 11) is 0. The van der Waals surface area contributed by atoms with Gasteiger partial charge in [-0.1, -0.05) is 60.1 Å². The van der Waals surface area contributed by atoms with E-state index in [9.17, 15) is 0 Å². The second-order valence-electron chi connectivity index (χ2n) is 4.75. The van der Waals surface area contributed by atoms with Crippen LogP contribution in [0, 0.1) is 0 Å². The highest BCUT2D eigenvalue weighted by Crippen LogP contribution is 2.25. The van der Waals surface area contributed by atoms with E-state index in [0.717, 1.165) is 16.1 Å². The van der Waals surface area contributed by atoms with E-state index < -0.39 is 0 Å². The molecule has 0 saturated carbocycles. The summed E-state index contributed by atoms with van der Waals surface area (Å²) in [6.07, 6.45) is 0.580. The van der Waals surface area contributed by atoms with Gasteiger partial charge in [-0.3, -0.25) is 0 Å². The van der Waals surface area contributed by atoms with Crippen LogP contribution >= 0.6 is 11.6 Å². The fourth-order valence-corrected chi connectivity index (χ4v) is 2.53. The molecule has 2 aromatic carbocycles. The van der Waals surface area contributed by atoms with Crippen LogP contribution in [0.3, 0.4) is 0 Å². The average Bonchev–Trinajstić information content (AvgIpc) is 2.48. The van der Waals surface area contributed by atoms with Crippen LogP contribution in [0.4, 0.5) is 0 Å². The van der Waals surface area contributed by atoms with E-state index in [2.05, 4.69) is 0 Å². The fraction of sp³-hybridized carbons (Fsp3) is 0.294. The summed E-state index contributed by atoms with van der Waals surface area (Å²) in [5.74, 6) is 0. The van der Waals surface area contributed by atoms with Crippen molar-refractivity contribution in [3.05, 3.63) is 70.7 Å². The van der Waals surface area contributed by atoms with Crippen molar-refractivity contribution in [3.63, 3.8) is 0 Å². The van der Waals surface area contributed by atoms with E-state index in [-0.39, 0.29) is 12.1 Å². The Balaban J connectivity index is 2.16. The third-order valence-electron chi connectivity index (χ3n) is 3.28. The lowest BCUT2D eigenvalue weighted by Gasteiger charge is -2.24. The number of benzene rings is 2. The molecule has 0 fully saturated rings. The van der Waals surface area contributed by atoms with Crippen molar-refractivity contribution in [3.8, 4) is 0 Å². The second kappa shape index (κ2) is 7.44. The summed E-state index contributed by atoms with van der Waals surface area (Å²) in [5, 5.41) is 0.756. The number of ether oxygens (including phenoxy) is 1. The SMILES string of the molecule is CCOC(c1ccccc1)C(N)Cc1ccccc1Cl. The van der Waals surface area contributed by atoms with Gasteiger partial charge in [-0.25, -0.2) is 0 Å². The van der Waals surface area contributed by atoms with Crippen LogP contribution in [0.25, 0.3) is 0 Å². The molecule has 0 aliphatic rings. The maximum absolute atomic E-state index is 6.35. The van der Waals surface area contributed by atoms with Crippen molar-refractivity contribution in [1.82, 2.24) is 0 Å². The second-order valence-corrected chi connectivity index (χ2v) is 5.15. The van der Waals surface area contributed by atoms with E-state index >= 15 is 0 Å². The smallest absolute Gasteiger partial charge is 0.0978 e. The first-order valence-corrected chi connectivity index (χ1v) is 7.25. The Labute approximate surface area is 125 Å². The summed E-state index contributed by atoms with van der Waals surface area (Å²) in [5.41, 5.74) is 8.52. The molecule has 2 rings (SSSR count). The standard InChI is InChI=1S/C17H20ClNO/c1-2-20-17(13-8-4-3-5-9-13)16(19)12-14-10-6-7-11-15(14)18/h3-11,16-17H,2,12,19H2,1H3. The molecule has 0 radical (unpaired) electrons. The van der Waals surface area contributed by atoms with Gasteiger partial charge in [-0.15, -0.1) is 0 Å². The highest BCUT2D eigenvalue weighted by Gasteiger charge is 2.21. The fourth-order valence-electron chi connectivity index (χ4n) is 2.31. The first-order valence-electron chi connectivity index (χ1n) is 6.88. The van der Waals surface area contributed by atoms with Crippen molar-refractivity contribution in [1.29, 1.82) is 0 Å². The normalized spacial score (nSPS) is 13.9. The van der Waals surface area contributed by atoms with Crippen LogP contribution < -0.4 is 5.73 Å². The average molecular weight is 290 g/mol. The molecule has 0 heterocycles. The van der Waals surface area contributed by atoms with Crippen molar-refractivity contribution < 1.29 is 4.74 Å². The van der Waals surface area contributed by atoms with Gasteiger partial charge in [-0.05, 0) is 30.5 Å². The Morgan fingerprint density at radius 2 is 1.70 bits per heavy atom. The van der Waals surface area contributed by atoms with Crippen LogP contribution in [-0.2, 0) is 11.2 Å². The molecule has 0 bridgehead atoms. The minimum absolute atomic E-state index is 0.113. The quantitative estimate of drug-likeness (QED) is 0.873. The van der Waals surface area contributed by atoms with Gasteiger partial charge in [0.1, 0.15) is 0 Å². The Kier molecular flexibility index (Phi) is 5.60. The van der Waals surface area contributed by atoms with E-state index in [4.69, 9.17) is 22.1 Å². The van der Waals surface area contributed by atoms with E-state index in [1.165, 1.54) is 0 Å². The minimum atomic E-state index is -0.128. The predicted molar refractivity (Wildman–Crippen MR) is 83.9 cm³/mol. The zero-order valence-electron chi connectivity index (χ0n) is 11.6. The van der Waals surface area contributed by atoms with Crippen LogP contribution in [0.15, 0.2) is 54.6 Å². The Hall–Kier alpha value is -1.35. The largest absolute Gasteiger partial charge is 0.372 e. The van der Waals surface area contributed by atoms with Gasteiger partial charge in [0.2, 0.25) is 0 Å². The molecule has 0 spiro atoms. The molecule has 2 atom stereocenters. The van der Waals surface area contributed by atoms with Gasteiger partial charge in [-0.2, -0.15) is 0 Å². The van der Waals surface area contributed by atoms with Crippen LogP contribution in [-0.4, -0.2) is 12.6 Å². The lowest BCUT2D eigenvalue weighted by atomic mass is 9.96. The molecule has 3 heteroatoms. The molecule has 20 heavy (non-hydrogen) atoms. The topological polar surface area (TPSA) is 35.2 Å². The third kappa shape index (κ3) is 3.83. The number of hydrogen-bond donors (Lipinski definition) is 1. The Bertz CT molecular complexity index is 530. The third-order valence-corrected chi connectivity index (χ3v) is 3.65. The van der Waals surface area contributed by atoms with Gasteiger partial charge in [0.05, 0.1) is 6.10 Å². The molecule has 0 saturated heterocycles. The maximum atomic E-state index is 6.35. The van der Waals surface area contributed by atoms with Gasteiger partial charge in [0, 0.05) is 17.7 Å². The van der Waals surface area contributed by atoms with Crippen molar-refractivity contribution >= 4 is 11.6 Å². The maximum Gasteiger partial charge on any atom is 0.0978 e. The van der Waals surface area contributed by atoms with Crippen molar-refractivity contribution in [2.24, 2.45) is 5.73 Å². The number of halogens is 1. The molecule has 0 aromatic heterocycles. The van der Waals surface area contributed by atoms with Gasteiger partial charge < -0.3 is 10.5 Å². The molecule has 2 aromatic rings. The molecular formula is C17H20ClNO. The Morgan fingerprint density at radius 3 is 2.35 bits per heavy atom. The summed E-state index contributed by atoms with van der Waals surface area (Å²) in [6, 6.07) is 17.8. The van der Waals surface area contributed by atoms with E-state index in [1.54, 1.807) is 0 Å². The molecule has 0 amide bonds. The Morgan fingerprint density at radius 1 is 1.05 bits per heavy atom. The van der Waals surface area contributed by atoms with Crippen molar-refractivity contribution in [2.75, 3.05) is 6.61 Å². The van der Waals surface area contributed by atoms with E-state index in [1.807, 2.05) is 61.5 Å². The van der Waals surface area contributed by atoms with Crippen LogP contribution in [0.2, 0.25) is 5.02 Å². The number of rotatable bonds is 6. The zero-order valence-corrected chi connectivity index (χ0v) is 12.4. The number of hydrogen-bond acceptors (Lipinski definition) is 2. The summed E-state index contributed by atoms with van der Waals surface area (Å²) in [6.45, 7) is 2.62. The molecule has 2 nitrogen and oxygen atoms in total. The van der Waals surface area contributed by atoms with E-state index in [0.29, 0.717) is 13.0 Å². The molecule has 0 aliphatic carbocycles. The first kappa shape index (κ1) is 15.0. The van der Waals surface area contributed by atoms with Gasteiger partial charge in [0.15, 0.2) is 0 Å². The van der Waals surface area contributed by atoms with Gasteiger partial charge in [0.25, 0.3) is 0 Å². The van der Waals surface area contributed by atoms with Crippen molar-refractivity contribution in [2.45, 2.75) is 25.5 Å². The molecule has 2 N–H and O–H groups in total. The first-order chi connectivity index (χ1) is 9.72. The number of nitrogens with two attached hydrogens (primary N) is 1. The summed E-state index contributed by atoms with van der Waals surface area (Å²) < 4.78 is 5.83. The lowest BCUT2D eigenvalue weighted by Crippen LogP contribution is -2.32. The molecular weight excluding hydrogens is 270 g/mol.